The van der Waals surface area contributed by atoms with E-state index in [1.165, 1.54) is 13.8 Å². The molecule has 15 heteroatoms. The SMILES string of the molecule is CC(=O)NC(C[CH](C)[Ge][O][Ge][CH](C)CC(NC(C)=O)P(=O)(Oc1ccccc1)Oc1ccccc1)P(=O)(Oc1ccccc1)Oc1ccccc1. The number of carbonyl (C=O) groups excluding carboxylic acids is 2. The Labute approximate surface area is 313 Å². The third-order valence-electron chi connectivity index (χ3n) is 7.08. The Bertz CT molecular complexity index is 1540. The molecule has 4 rings (SSSR count). The Balaban J connectivity index is 1.45. The van der Waals surface area contributed by atoms with Crippen LogP contribution in [0.3, 0.4) is 0 Å². The first-order valence-electron chi connectivity index (χ1n) is 16.3. The first-order valence-corrected chi connectivity index (χ1v) is 23.7. The van der Waals surface area contributed by atoms with E-state index >= 15 is 0 Å². The molecule has 4 unspecified atom stereocenters. The quantitative estimate of drug-likeness (QED) is 0.0665. The van der Waals surface area contributed by atoms with Crippen LogP contribution in [0.1, 0.15) is 40.5 Å². The van der Waals surface area contributed by atoms with Crippen molar-refractivity contribution >= 4 is 58.5 Å². The van der Waals surface area contributed by atoms with Crippen molar-refractivity contribution in [2.45, 2.75) is 61.6 Å². The fourth-order valence-corrected chi connectivity index (χ4v) is 17.2. The summed E-state index contributed by atoms with van der Waals surface area (Å²) in [7, 11) is -8.00. The minimum atomic E-state index is -4.00. The molecule has 51 heavy (non-hydrogen) atoms. The van der Waals surface area contributed by atoms with E-state index in [0.29, 0.717) is 23.0 Å². The number of hydrogen-bond acceptors (Lipinski definition) is 9. The van der Waals surface area contributed by atoms with Crippen molar-refractivity contribution in [2.75, 3.05) is 0 Å². The van der Waals surface area contributed by atoms with Crippen LogP contribution >= 0.6 is 15.2 Å². The van der Waals surface area contributed by atoms with E-state index in [1.54, 1.807) is 97.1 Å². The fourth-order valence-electron chi connectivity index (χ4n) is 4.81. The summed E-state index contributed by atoms with van der Waals surface area (Å²) in [6, 6.07) is 34.8. The van der Waals surface area contributed by atoms with Crippen LogP contribution < -0.4 is 28.7 Å². The van der Waals surface area contributed by atoms with Crippen LogP contribution in [0.25, 0.3) is 0 Å². The second kappa shape index (κ2) is 19.9. The molecule has 0 aliphatic carbocycles. The minimum absolute atomic E-state index is 0.0510. The van der Waals surface area contributed by atoms with Gasteiger partial charge in [0.25, 0.3) is 0 Å². The summed E-state index contributed by atoms with van der Waals surface area (Å²) in [5.41, 5.74) is 0. The van der Waals surface area contributed by atoms with Crippen molar-refractivity contribution in [1.82, 2.24) is 10.6 Å². The van der Waals surface area contributed by atoms with Gasteiger partial charge in [-0.2, -0.15) is 0 Å². The summed E-state index contributed by atoms with van der Waals surface area (Å²) >= 11 is -2.13. The molecule has 0 bridgehead atoms. The Hall–Kier alpha value is -3.47. The van der Waals surface area contributed by atoms with Crippen molar-refractivity contribution in [2.24, 2.45) is 0 Å². The van der Waals surface area contributed by atoms with Crippen LogP contribution in [0.2, 0.25) is 9.50 Å². The summed E-state index contributed by atoms with van der Waals surface area (Å²) in [5, 5.41) is 5.63. The van der Waals surface area contributed by atoms with Crippen molar-refractivity contribution in [1.29, 1.82) is 0 Å². The van der Waals surface area contributed by atoms with E-state index in [4.69, 9.17) is 20.9 Å². The molecular weight excluding hydrogens is 812 g/mol. The van der Waals surface area contributed by atoms with Crippen LogP contribution in [0, 0.1) is 0 Å². The van der Waals surface area contributed by atoms with Gasteiger partial charge in [-0.25, -0.2) is 0 Å². The maximum atomic E-state index is 14.5. The molecule has 0 saturated heterocycles. The third-order valence-corrected chi connectivity index (χ3v) is 16.9. The summed E-state index contributed by atoms with van der Waals surface area (Å²) in [6.07, 6.45) is 0.577. The van der Waals surface area contributed by atoms with Gasteiger partial charge in [-0.15, -0.1) is 0 Å². The third kappa shape index (κ3) is 13.5. The predicted molar refractivity (Wildman–Crippen MR) is 199 cm³/mol. The van der Waals surface area contributed by atoms with Gasteiger partial charge < -0.3 is 0 Å². The molecule has 0 aliphatic rings. The molecule has 0 saturated carbocycles. The number of nitrogens with one attached hydrogen (secondary N) is 2. The van der Waals surface area contributed by atoms with Crippen LogP contribution in [-0.2, 0) is 21.5 Å². The normalized spacial score (nSPS) is 13.9. The molecule has 0 fully saturated rings. The van der Waals surface area contributed by atoms with Gasteiger partial charge in [0.05, 0.1) is 0 Å². The molecule has 0 heterocycles. The second-order valence-corrected chi connectivity index (χ2v) is 23.7. The zero-order chi connectivity index (χ0) is 36.7. The van der Waals surface area contributed by atoms with Gasteiger partial charge in [-0.05, 0) is 0 Å². The zero-order valence-electron chi connectivity index (χ0n) is 28.8. The van der Waals surface area contributed by atoms with E-state index in [9.17, 15) is 18.7 Å². The van der Waals surface area contributed by atoms with Crippen LogP contribution in [-0.4, -0.2) is 54.9 Å². The molecule has 11 nitrogen and oxygen atoms in total. The Morgan fingerprint density at radius 1 is 0.529 bits per heavy atom. The first-order chi connectivity index (χ1) is 24.4. The number of carbonyl (C=O) groups is 2. The zero-order valence-corrected chi connectivity index (χ0v) is 34.8. The molecule has 4 aromatic carbocycles. The van der Waals surface area contributed by atoms with E-state index in [1.807, 2.05) is 38.1 Å². The average Bonchev–Trinajstić information content (AvgIpc) is 3.09. The molecule has 4 atom stereocenters. The van der Waals surface area contributed by atoms with Crippen molar-refractivity contribution in [3.8, 4) is 23.0 Å². The van der Waals surface area contributed by atoms with Gasteiger partial charge >= 0.3 is 315 Å². The summed E-state index contributed by atoms with van der Waals surface area (Å²) in [6.45, 7) is 6.69. The molecule has 4 aromatic rings. The topological polar surface area (TPSA) is 138 Å². The van der Waals surface area contributed by atoms with Crippen LogP contribution in [0.5, 0.6) is 23.0 Å². The standard InChI is InChI=1S/C36H42Ge2N2O9P2/c1-27(25-35(39-29(3)41)50(43,45-31-17-9-5-10-18-31)46-32-19-11-6-12-20-32)37-49-38-28(2)26-36(40-30(4)42)51(44,47-33-21-13-7-14-22-33)48-34-23-15-8-16-24-34/h5-24,27-28,35-36H,25-26H2,1-4H3,(H,39,41)(H,40,42). The number of rotatable bonds is 20. The summed E-state index contributed by atoms with van der Waals surface area (Å²) in [5.74, 6) is -1.22. The summed E-state index contributed by atoms with van der Waals surface area (Å²) < 4.78 is 59.3. The van der Waals surface area contributed by atoms with Gasteiger partial charge in [-0.3, -0.25) is 0 Å². The summed E-state index contributed by atoms with van der Waals surface area (Å²) in [4.78, 5) is 24.7. The molecular formula is C36H42Ge2N2O9P2. The molecule has 4 radical (unpaired) electrons. The molecule has 0 spiro atoms. The molecule has 0 aliphatic heterocycles. The van der Waals surface area contributed by atoms with Gasteiger partial charge in [0.1, 0.15) is 0 Å². The number of para-hydroxylation sites is 4. The number of benzene rings is 4. The Morgan fingerprint density at radius 3 is 1.02 bits per heavy atom. The van der Waals surface area contributed by atoms with E-state index in [0.717, 1.165) is 0 Å². The van der Waals surface area contributed by atoms with Gasteiger partial charge in [0.2, 0.25) is 0 Å². The average molecular weight is 854 g/mol. The van der Waals surface area contributed by atoms with Gasteiger partial charge in [-0.1, -0.05) is 0 Å². The Morgan fingerprint density at radius 2 is 0.784 bits per heavy atom. The van der Waals surface area contributed by atoms with Crippen LogP contribution in [0.4, 0.5) is 0 Å². The maximum absolute atomic E-state index is 14.5. The van der Waals surface area contributed by atoms with Crippen molar-refractivity contribution < 1.29 is 39.6 Å². The Kier molecular flexibility index (Phi) is 15.8. The molecule has 268 valence electrons. The monoisotopic (exact) mass is 856 g/mol. The fraction of sp³-hybridized carbons (Fsp3) is 0.278. The second-order valence-electron chi connectivity index (χ2n) is 11.7. The van der Waals surface area contributed by atoms with E-state index in [-0.39, 0.29) is 34.2 Å². The first kappa shape index (κ1) is 40.3. The molecule has 2 N–H and O–H groups in total. The predicted octanol–water partition coefficient (Wildman–Crippen LogP) is 8.27. The molecule has 2 amide bonds. The van der Waals surface area contributed by atoms with Gasteiger partial charge in [0, 0.05) is 0 Å². The van der Waals surface area contributed by atoms with Crippen LogP contribution in [0.15, 0.2) is 121 Å². The van der Waals surface area contributed by atoms with E-state index < -0.39 is 58.3 Å². The van der Waals surface area contributed by atoms with Crippen molar-refractivity contribution in [3.63, 3.8) is 0 Å². The molecule has 0 aromatic heterocycles. The number of amides is 2. The van der Waals surface area contributed by atoms with E-state index in [2.05, 4.69) is 10.6 Å². The van der Waals surface area contributed by atoms with Crippen molar-refractivity contribution in [3.05, 3.63) is 121 Å². The van der Waals surface area contributed by atoms with Gasteiger partial charge in [0.15, 0.2) is 0 Å². The number of hydrogen-bond donors (Lipinski definition) is 2.